The summed E-state index contributed by atoms with van der Waals surface area (Å²) >= 11 is 0. The predicted octanol–water partition coefficient (Wildman–Crippen LogP) is -0.585. The first kappa shape index (κ1) is 12.4. The number of aliphatic hydroxyl groups excluding tert-OH is 1. The van der Waals surface area contributed by atoms with E-state index in [0.717, 1.165) is 0 Å². The molecule has 0 aromatic heterocycles. The number of hydrogen-bond acceptors (Lipinski definition) is 3. The number of hydrogen-bond donors (Lipinski definition) is 2. The minimum Gasteiger partial charge on any atom is -0.480 e. The SMILES string of the molecule is CN(C)C(CO)C(=O)O.Cl. The third-order valence-electron chi connectivity index (χ3n) is 1.08. The fourth-order valence-electron chi connectivity index (χ4n) is 0.462. The van der Waals surface area contributed by atoms with Crippen LogP contribution in [0.25, 0.3) is 0 Å². The van der Waals surface area contributed by atoms with Crippen LogP contribution in [0.15, 0.2) is 0 Å². The van der Waals surface area contributed by atoms with Gasteiger partial charge in [-0.05, 0) is 14.1 Å². The van der Waals surface area contributed by atoms with Crippen LogP contribution < -0.4 is 0 Å². The molecule has 0 aliphatic rings. The Balaban J connectivity index is 0. The largest absolute Gasteiger partial charge is 0.480 e. The second kappa shape index (κ2) is 5.46. The second-order valence-electron chi connectivity index (χ2n) is 2.00. The van der Waals surface area contributed by atoms with Crippen LogP contribution in [0.1, 0.15) is 0 Å². The van der Waals surface area contributed by atoms with Gasteiger partial charge in [-0.15, -0.1) is 12.4 Å². The standard InChI is InChI=1S/C5H11NO3.ClH/c1-6(2)4(3-7)5(8)9;/h4,7H,3H2,1-2H3,(H,8,9);1H. The molecule has 0 aromatic rings. The summed E-state index contributed by atoms with van der Waals surface area (Å²) in [5.74, 6) is -0.998. The molecule has 1 atom stereocenters. The number of likely N-dealkylation sites (N-methyl/N-ethyl adjacent to an activating group) is 1. The smallest absolute Gasteiger partial charge is 0.323 e. The molecule has 0 heterocycles. The van der Waals surface area contributed by atoms with Crippen LogP contribution in [-0.4, -0.2) is 47.8 Å². The lowest BCUT2D eigenvalue weighted by atomic mass is 10.3. The number of nitrogens with zero attached hydrogens (tertiary/aromatic N) is 1. The number of rotatable bonds is 3. The Labute approximate surface area is 65.9 Å². The van der Waals surface area contributed by atoms with Crippen molar-refractivity contribution in [2.24, 2.45) is 0 Å². The summed E-state index contributed by atoms with van der Waals surface area (Å²) in [5, 5.41) is 16.8. The summed E-state index contributed by atoms with van der Waals surface area (Å²) in [7, 11) is 3.21. The summed E-state index contributed by atoms with van der Waals surface area (Å²) in [5.41, 5.74) is 0. The van der Waals surface area contributed by atoms with Crippen LogP contribution in [0.3, 0.4) is 0 Å². The summed E-state index contributed by atoms with van der Waals surface area (Å²) in [6.45, 7) is -0.345. The Hall–Kier alpha value is -0.320. The van der Waals surface area contributed by atoms with Crippen molar-refractivity contribution in [3.8, 4) is 0 Å². The third-order valence-corrected chi connectivity index (χ3v) is 1.08. The lowest BCUT2D eigenvalue weighted by Crippen LogP contribution is -2.38. The number of halogens is 1. The van der Waals surface area contributed by atoms with Gasteiger partial charge in [0.25, 0.3) is 0 Å². The van der Waals surface area contributed by atoms with Crippen molar-refractivity contribution in [2.75, 3.05) is 20.7 Å². The zero-order chi connectivity index (χ0) is 7.44. The van der Waals surface area contributed by atoms with E-state index >= 15 is 0 Å². The Morgan fingerprint density at radius 2 is 2.00 bits per heavy atom. The van der Waals surface area contributed by atoms with Gasteiger partial charge in [0.15, 0.2) is 0 Å². The van der Waals surface area contributed by atoms with Crippen LogP contribution in [0.4, 0.5) is 0 Å². The highest BCUT2D eigenvalue weighted by Crippen LogP contribution is 1.89. The molecule has 10 heavy (non-hydrogen) atoms. The van der Waals surface area contributed by atoms with Gasteiger partial charge in [0.2, 0.25) is 0 Å². The van der Waals surface area contributed by atoms with E-state index in [2.05, 4.69) is 0 Å². The lowest BCUT2D eigenvalue weighted by molar-refractivity contribution is -0.143. The second-order valence-corrected chi connectivity index (χ2v) is 2.00. The van der Waals surface area contributed by atoms with Crippen LogP contribution in [0.2, 0.25) is 0 Å². The van der Waals surface area contributed by atoms with E-state index in [9.17, 15) is 4.79 Å². The minimum atomic E-state index is -0.998. The molecule has 0 aliphatic heterocycles. The van der Waals surface area contributed by atoms with Crippen LogP contribution in [0, 0.1) is 0 Å². The van der Waals surface area contributed by atoms with Gasteiger partial charge < -0.3 is 10.2 Å². The quantitative estimate of drug-likeness (QED) is 0.593. The number of carbonyl (C=O) groups is 1. The molecule has 4 nitrogen and oxygen atoms in total. The van der Waals surface area contributed by atoms with Crippen molar-refractivity contribution in [2.45, 2.75) is 6.04 Å². The maximum atomic E-state index is 10.2. The Bertz CT molecular complexity index is 107. The highest BCUT2D eigenvalue weighted by molar-refractivity contribution is 5.85. The van der Waals surface area contributed by atoms with Crippen molar-refractivity contribution in [3.63, 3.8) is 0 Å². The van der Waals surface area contributed by atoms with Crippen LogP contribution >= 0.6 is 12.4 Å². The molecule has 0 radical (unpaired) electrons. The number of aliphatic carboxylic acids is 1. The maximum absolute atomic E-state index is 10.2. The lowest BCUT2D eigenvalue weighted by Gasteiger charge is -2.16. The fourth-order valence-corrected chi connectivity index (χ4v) is 0.462. The van der Waals surface area contributed by atoms with E-state index in [0.29, 0.717) is 0 Å². The zero-order valence-electron chi connectivity index (χ0n) is 5.94. The van der Waals surface area contributed by atoms with Gasteiger partial charge in [0.05, 0.1) is 6.61 Å². The number of carboxylic acid groups (broad SMARTS) is 1. The van der Waals surface area contributed by atoms with Crippen molar-refractivity contribution in [3.05, 3.63) is 0 Å². The Kier molecular flexibility index (Phi) is 6.76. The first-order valence-electron chi connectivity index (χ1n) is 2.59. The third kappa shape index (κ3) is 3.66. The molecule has 0 saturated heterocycles. The first-order chi connectivity index (χ1) is 4.09. The molecular weight excluding hydrogens is 158 g/mol. The maximum Gasteiger partial charge on any atom is 0.323 e. The summed E-state index contributed by atoms with van der Waals surface area (Å²) < 4.78 is 0. The van der Waals surface area contributed by atoms with E-state index in [1.54, 1.807) is 14.1 Å². The average Bonchev–Trinajstić information content (AvgIpc) is 1.64. The average molecular weight is 170 g/mol. The van der Waals surface area contributed by atoms with Gasteiger partial charge in [-0.2, -0.15) is 0 Å². The summed E-state index contributed by atoms with van der Waals surface area (Å²) in [6.07, 6.45) is 0. The van der Waals surface area contributed by atoms with Crippen molar-refractivity contribution >= 4 is 18.4 Å². The molecule has 62 valence electrons. The molecule has 5 heteroatoms. The van der Waals surface area contributed by atoms with E-state index in [4.69, 9.17) is 10.2 Å². The topological polar surface area (TPSA) is 60.8 Å². The molecule has 0 aromatic carbocycles. The molecule has 0 bridgehead atoms. The molecule has 0 fully saturated rings. The molecule has 0 spiro atoms. The van der Waals surface area contributed by atoms with E-state index in [-0.39, 0.29) is 19.0 Å². The van der Waals surface area contributed by atoms with Gasteiger partial charge in [-0.1, -0.05) is 0 Å². The van der Waals surface area contributed by atoms with Gasteiger partial charge in [-0.25, -0.2) is 0 Å². The molecule has 0 aliphatic carbocycles. The minimum absolute atomic E-state index is 0. The molecule has 0 amide bonds. The highest BCUT2D eigenvalue weighted by Gasteiger charge is 2.17. The molecule has 0 saturated carbocycles. The van der Waals surface area contributed by atoms with Crippen LogP contribution in [0.5, 0.6) is 0 Å². The van der Waals surface area contributed by atoms with Gasteiger partial charge in [0.1, 0.15) is 6.04 Å². The van der Waals surface area contributed by atoms with E-state index in [1.807, 2.05) is 0 Å². The van der Waals surface area contributed by atoms with Crippen molar-refractivity contribution in [1.29, 1.82) is 0 Å². The molecule has 2 N–H and O–H groups in total. The molecule has 0 rings (SSSR count). The summed E-state index contributed by atoms with van der Waals surface area (Å²) in [4.78, 5) is 11.6. The van der Waals surface area contributed by atoms with E-state index < -0.39 is 12.0 Å². The number of aliphatic hydroxyl groups is 1. The summed E-state index contributed by atoms with van der Waals surface area (Å²) in [6, 6.07) is -0.773. The van der Waals surface area contributed by atoms with Gasteiger partial charge in [-0.3, -0.25) is 9.69 Å². The Morgan fingerprint density at radius 1 is 1.60 bits per heavy atom. The molecular formula is C5H12ClNO3. The van der Waals surface area contributed by atoms with E-state index in [1.165, 1.54) is 4.90 Å². The zero-order valence-corrected chi connectivity index (χ0v) is 6.76. The van der Waals surface area contributed by atoms with Gasteiger partial charge in [0, 0.05) is 0 Å². The van der Waals surface area contributed by atoms with Crippen LogP contribution in [-0.2, 0) is 4.79 Å². The molecule has 1 unspecified atom stereocenters. The number of carboxylic acids is 1. The first-order valence-corrected chi connectivity index (χ1v) is 2.59. The normalized spacial score (nSPS) is 12.4. The van der Waals surface area contributed by atoms with Crippen molar-refractivity contribution < 1.29 is 15.0 Å². The predicted molar refractivity (Wildman–Crippen MR) is 39.4 cm³/mol. The fraction of sp³-hybridized carbons (Fsp3) is 0.800. The highest BCUT2D eigenvalue weighted by atomic mass is 35.5. The Morgan fingerprint density at radius 3 is 2.00 bits per heavy atom. The monoisotopic (exact) mass is 169 g/mol. The van der Waals surface area contributed by atoms with Crippen molar-refractivity contribution in [1.82, 2.24) is 4.90 Å². The van der Waals surface area contributed by atoms with Gasteiger partial charge >= 0.3 is 5.97 Å².